The van der Waals surface area contributed by atoms with E-state index in [9.17, 15) is 4.79 Å². The molecule has 0 saturated heterocycles. The van der Waals surface area contributed by atoms with Gasteiger partial charge in [-0.1, -0.05) is 48.5 Å². The third-order valence-electron chi connectivity index (χ3n) is 4.00. The first kappa shape index (κ1) is 17.6. The first-order chi connectivity index (χ1) is 12.7. The molecule has 0 atom stereocenters. The fraction of sp³-hybridized carbons (Fsp3) is 0.190. The maximum Gasteiger partial charge on any atom is 0.270 e. The van der Waals surface area contributed by atoms with Crippen LogP contribution in [-0.2, 0) is 6.54 Å². The molecule has 0 spiro atoms. The van der Waals surface area contributed by atoms with Crippen LogP contribution in [0.3, 0.4) is 0 Å². The van der Waals surface area contributed by atoms with E-state index in [-0.39, 0.29) is 5.91 Å². The molecule has 5 heteroatoms. The van der Waals surface area contributed by atoms with Gasteiger partial charge in [-0.25, -0.2) is 9.97 Å². The number of amides is 1. The fourth-order valence-electron chi connectivity index (χ4n) is 2.71. The summed E-state index contributed by atoms with van der Waals surface area (Å²) in [5.74, 6) is 0.327. The molecule has 1 aromatic heterocycles. The number of aromatic nitrogens is 2. The molecule has 0 aliphatic heterocycles. The molecule has 0 fully saturated rings. The summed E-state index contributed by atoms with van der Waals surface area (Å²) in [7, 11) is 0. The van der Waals surface area contributed by atoms with E-state index in [0.717, 1.165) is 16.9 Å². The number of nitrogens with zero attached hydrogens (tertiary/aromatic N) is 3. The van der Waals surface area contributed by atoms with Crippen LogP contribution in [0.5, 0.6) is 0 Å². The Bertz CT molecular complexity index is 866. The van der Waals surface area contributed by atoms with Gasteiger partial charge in [-0.3, -0.25) is 4.79 Å². The van der Waals surface area contributed by atoms with Gasteiger partial charge in [0.2, 0.25) is 5.95 Å². The number of para-hydroxylation sites is 1. The average Bonchev–Trinajstić information content (AvgIpc) is 2.68. The third kappa shape index (κ3) is 4.25. The summed E-state index contributed by atoms with van der Waals surface area (Å²) in [4.78, 5) is 23.6. The van der Waals surface area contributed by atoms with Crippen molar-refractivity contribution >= 4 is 17.5 Å². The van der Waals surface area contributed by atoms with Crippen LogP contribution in [0.15, 0.2) is 66.7 Å². The zero-order valence-electron chi connectivity index (χ0n) is 15.0. The zero-order chi connectivity index (χ0) is 18.4. The summed E-state index contributed by atoms with van der Waals surface area (Å²) in [5.41, 5.74) is 3.18. The topological polar surface area (TPSA) is 58.1 Å². The Morgan fingerprint density at radius 1 is 1.00 bits per heavy atom. The highest BCUT2D eigenvalue weighted by Crippen LogP contribution is 2.21. The first-order valence-corrected chi connectivity index (χ1v) is 8.67. The van der Waals surface area contributed by atoms with Crippen molar-refractivity contribution < 1.29 is 4.79 Å². The van der Waals surface area contributed by atoms with Crippen LogP contribution in [-0.4, -0.2) is 22.4 Å². The molecule has 0 saturated carbocycles. The highest BCUT2D eigenvalue weighted by Gasteiger charge is 2.15. The number of rotatable bonds is 6. The van der Waals surface area contributed by atoms with Gasteiger partial charge in [0.05, 0.1) is 0 Å². The Labute approximate surface area is 153 Å². The minimum atomic E-state index is -0.204. The van der Waals surface area contributed by atoms with Crippen LogP contribution < -0.4 is 10.2 Å². The number of hydrogen-bond donors (Lipinski definition) is 1. The van der Waals surface area contributed by atoms with Crippen LogP contribution in [0, 0.1) is 6.92 Å². The van der Waals surface area contributed by atoms with Gasteiger partial charge in [0.25, 0.3) is 5.91 Å². The van der Waals surface area contributed by atoms with E-state index in [1.165, 1.54) is 0 Å². The number of carbonyl (C=O) groups is 1. The Hall–Kier alpha value is -3.21. The summed E-state index contributed by atoms with van der Waals surface area (Å²) in [6.45, 7) is 5.08. The maximum absolute atomic E-state index is 12.5. The van der Waals surface area contributed by atoms with Gasteiger partial charge in [-0.15, -0.1) is 0 Å². The van der Waals surface area contributed by atoms with Crippen molar-refractivity contribution in [3.8, 4) is 0 Å². The lowest BCUT2D eigenvalue weighted by Crippen LogP contribution is -2.26. The van der Waals surface area contributed by atoms with Crippen molar-refractivity contribution in [2.75, 3.05) is 11.4 Å². The zero-order valence-corrected chi connectivity index (χ0v) is 15.0. The Morgan fingerprint density at radius 2 is 1.65 bits per heavy atom. The van der Waals surface area contributed by atoms with Gasteiger partial charge >= 0.3 is 0 Å². The van der Waals surface area contributed by atoms with E-state index >= 15 is 0 Å². The maximum atomic E-state index is 12.5. The highest BCUT2D eigenvalue weighted by atomic mass is 16.1. The van der Waals surface area contributed by atoms with Crippen molar-refractivity contribution in [3.05, 3.63) is 83.7 Å². The van der Waals surface area contributed by atoms with Gasteiger partial charge in [0.15, 0.2) is 0 Å². The van der Waals surface area contributed by atoms with E-state index in [1.807, 2.05) is 79.4 Å². The lowest BCUT2D eigenvalue weighted by atomic mass is 10.2. The van der Waals surface area contributed by atoms with Gasteiger partial charge < -0.3 is 10.2 Å². The molecule has 1 N–H and O–H groups in total. The summed E-state index contributed by atoms with van der Waals surface area (Å²) < 4.78 is 0. The fourth-order valence-corrected chi connectivity index (χ4v) is 2.71. The second-order valence-electron chi connectivity index (χ2n) is 5.94. The molecule has 132 valence electrons. The molecular formula is C21H22N4O. The number of anilines is 2. The first-order valence-electron chi connectivity index (χ1n) is 8.67. The van der Waals surface area contributed by atoms with E-state index in [1.54, 1.807) is 6.07 Å². The van der Waals surface area contributed by atoms with Crippen LogP contribution in [0.4, 0.5) is 11.6 Å². The van der Waals surface area contributed by atoms with Crippen molar-refractivity contribution in [1.29, 1.82) is 0 Å². The average molecular weight is 346 g/mol. The number of aryl methyl sites for hydroxylation is 1. The quantitative estimate of drug-likeness (QED) is 0.736. The van der Waals surface area contributed by atoms with Crippen molar-refractivity contribution in [1.82, 2.24) is 15.3 Å². The summed E-state index contributed by atoms with van der Waals surface area (Å²) in [5, 5.41) is 2.92. The van der Waals surface area contributed by atoms with Gasteiger partial charge in [0.1, 0.15) is 5.69 Å². The van der Waals surface area contributed by atoms with Crippen LogP contribution in [0.1, 0.15) is 28.7 Å². The van der Waals surface area contributed by atoms with Crippen molar-refractivity contribution in [2.45, 2.75) is 20.4 Å². The molecular weight excluding hydrogens is 324 g/mol. The molecule has 0 unspecified atom stereocenters. The van der Waals surface area contributed by atoms with Gasteiger partial charge in [0, 0.05) is 24.5 Å². The molecule has 26 heavy (non-hydrogen) atoms. The Kier molecular flexibility index (Phi) is 5.59. The monoisotopic (exact) mass is 346 g/mol. The smallest absolute Gasteiger partial charge is 0.270 e. The van der Waals surface area contributed by atoms with E-state index in [0.29, 0.717) is 24.7 Å². The number of benzene rings is 2. The molecule has 0 aliphatic rings. The Morgan fingerprint density at radius 3 is 2.31 bits per heavy atom. The molecule has 3 aromatic rings. The van der Waals surface area contributed by atoms with Gasteiger partial charge in [-0.2, -0.15) is 0 Å². The Balaban J connectivity index is 1.81. The molecule has 0 radical (unpaired) electrons. The minimum Gasteiger partial charge on any atom is -0.347 e. The number of hydrogen-bond acceptors (Lipinski definition) is 4. The summed E-state index contributed by atoms with van der Waals surface area (Å²) >= 11 is 0. The third-order valence-corrected chi connectivity index (χ3v) is 4.00. The van der Waals surface area contributed by atoms with Gasteiger partial charge in [-0.05, 0) is 37.6 Å². The molecule has 0 aliphatic carbocycles. The number of carbonyl (C=O) groups excluding carboxylic acids is 1. The highest BCUT2D eigenvalue weighted by molar-refractivity contribution is 5.92. The number of nitrogens with one attached hydrogen (secondary N) is 1. The van der Waals surface area contributed by atoms with Crippen LogP contribution in [0.2, 0.25) is 0 Å². The molecule has 0 bridgehead atoms. The van der Waals surface area contributed by atoms with E-state index in [4.69, 9.17) is 0 Å². The largest absolute Gasteiger partial charge is 0.347 e. The standard InChI is InChI=1S/C21H22N4O/c1-3-25(18-12-8-5-9-13-18)21-23-16(2)14-19(24-21)20(26)22-15-17-10-6-4-7-11-17/h4-14H,3,15H2,1-2H3,(H,22,26). The second kappa shape index (κ2) is 8.25. The predicted octanol–water partition coefficient (Wildman–Crippen LogP) is 3.87. The summed E-state index contributed by atoms with van der Waals surface area (Å²) in [6, 6.07) is 21.4. The molecule has 3 rings (SSSR count). The molecule has 2 aromatic carbocycles. The normalized spacial score (nSPS) is 10.4. The summed E-state index contributed by atoms with van der Waals surface area (Å²) in [6.07, 6.45) is 0. The lowest BCUT2D eigenvalue weighted by molar-refractivity contribution is 0.0945. The van der Waals surface area contributed by atoms with Crippen LogP contribution in [0.25, 0.3) is 0 Å². The molecule has 1 amide bonds. The van der Waals surface area contributed by atoms with E-state index < -0.39 is 0 Å². The molecule has 1 heterocycles. The van der Waals surface area contributed by atoms with Crippen molar-refractivity contribution in [2.24, 2.45) is 0 Å². The second-order valence-corrected chi connectivity index (χ2v) is 5.94. The predicted molar refractivity (Wildman–Crippen MR) is 104 cm³/mol. The molecule has 5 nitrogen and oxygen atoms in total. The lowest BCUT2D eigenvalue weighted by Gasteiger charge is -2.21. The minimum absolute atomic E-state index is 0.204. The van der Waals surface area contributed by atoms with E-state index in [2.05, 4.69) is 15.3 Å². The van der Waals surface area contributed by atoms with Crippen LogP contribution >= 0.6 is 0 Å². The SMILES string of the molecule is CCN(c1ccccc1)c1nc(C)cc(C(=O)NCc2ccccc2)n1. The van der Waals surface area contributed by atoms with Crippen molar-refractivity contribution in [3.63, 3.8) is 0 Å².